The lowest BCUT2D eigenvalue weighted by Gasteiger charge is -2.40. The van der Waals surface area contributed by atoms with Gasteiger partial charge in [-0.3, -0.25) is 4.79 Å². The summed E-state index contributed by atoms with van der Waals surface area (Å²) >= 11 is 0. The molecule has 1 amide bonds. The van der Waals surface area contributed by atoms with Crippen LogP contribution in [0, 0.1) is 11.3 Å². The van der Waals surface area contributed by atoms with Crippen LogP contribution >= 0.6 is 0 Å². The number of hydrogen-bond acceptors (Lipinski definition) is 2. The number of likely N-dealkylation sites (N-methyl/N-ethyl adjacent to an activating group) is 1. The second-order valence-corrected chi connectivity index (χ2v) is 6.50. The molecule has 3 nitrogen and oxygen atoms in total. The maximum atomic E-state index is 11.8. The van der Waals surface area contributed by atoms with E-state index in [0.717, 1.165) is 13.1 Å². The molecule has 0 aromatic carbocycles. The first-order chi connectivity index (χ1) is 7.85. The van der Waals surface area contributed by atoms with Crippen LogP contribution in [0.15, 0.2) is 0 Å². The highest BCUT2D eigenvalue weighted by Crippen LogP contribution is 2.30. The van der Waals surface area contributed by atoms with Crippen LogP contribution in [-0.4, -0.2) is 37.0 Å². The molecule has 2 unspecified atom stereocenters. The molecule has 0 saturated carbocycles. The fourth-order valence-electron chi connectivity index (χ4n) is 2.85. The van der Waals surface area contributed by atoms with Crippen molar-refractivity contribution in [1.82, 2.24) is 10.2 Å². The zero-order valence-electron chi connectivity index (χ0n) is 12.0. The van der Waals surface area contributed by atoms with Crippen molar-refractivity contribution in [2.75, 3.05) is 20.1 Å². The van der Waals surface area contributed by atoms with Gasteiger partial charge >= 0.3 is 0 Å². The van der Waals surface area contributed by atoms with Crippen LogP contribution in [0.4, 0.5) is 0 Å². The molecule has 1 aliphatic heterocycles. The predicted molar refractivity (Wildman–Crippen MR) is 71.9 cm³/mol. The SMILES string of the molecule is CCC(=O)N1CC(CC(C)(C)C)CC(NC)C1. The minimum absolute atomic E-state index is 0.295. The number of likely N-dealkylation sites (tertiary alicyclic amines) is 1. The number of carbonyl (C=O) groups is 1. The number of amides is 1. The minimum Gasteiger partial charge on any atom is -0.341 e. The summed E-state index contributed by atoms with van der Waals surface area (Å²) in [5.74, 6) is 0.931. The molecule has 1 rings (SSSR count). The summed E-state index contributed by atoms with van der Waals surface area (Å²) in [4.78, 5) is 13.9. The van der Waals surface area contributed by atoms with E-state index in [1.807, 2.05) is 18.9 Å². The Morgan fingerprint density at radius 3 is 2.47 bits per heavy atom. The largest absolute Gasteiger partial charge is 0.341 e. The van der Waals surface area contributed by atoms with Gasteiger partial charge in [0.2, 0.25) is 5.91 Å². The summed E-state index contributed by atoms with van der Waals surface area (Å²) < 4.78 is 0. The smallest absolute Gasteiger partial charge is 0.222 e. The fraction of sp³-hybridized carbons (Fsp3) is 0.929. The molecule has 0 radical (unpaired) electrons. The molecule has 1 aliphatic rings. The van der Waals surface area contributed by atoms with Crippen LogP contribution in [0.25, 0.3) is 0 Å². The molecule has 2 atom stereocenters. The zero-order valence-corrected chi connectivity index (χ0v) is 12.0. The van der Waals surface area contributed by atoms with Gasteiger partial charge in [0, 0.05) is 25.6 Å². The second kappa shape index (κ2) is 5.85. The lowest BCUT2D eigenvalue weighted by Crippen LogP contribution is -2.50. The highest BCUT2D eigenvalue weighted by atomic mass is 16.2. The van der Waals surface area contributed by atoms with Crippen LogP contribution in [0.5, 0.6) is 0 Å². The quantitative estimate of drug-likeness (QED) is 0.821. The normalized spacial score (nSPS) is 26.1. The van der Waals surface area contributed by atoms with Gasteiger partial charge < -0.3 is 10.2 Å². The molecule has 1 fully saturated rings. The van der Waals surface area contributed by atoms with Crippen LogP contribution < -0.4 is 5.32 Å². The van der Waals surface area contributed by atoms with Gasteiger partial charge in [0.1, 0.15) is 0 Å². The molecule has 17 heavy (non-hydrogen) atoms. The van der Waals surface area contributed by atoms with Crippen molar-refractivity contribution < 1.29 is 4.79 Å². The van der Waals surface area contributed by atoms with Crippen molar-refractivity contribution in [2.24, 2.45) is 11.3 Å². The number of carbonyl (C=O) groups excluding carboxylic acids is 1. The van der Waals surface area contributed by atoms with Crippen LogP contribution in [0.2, 0.25) is 0 Å². The Balaban J connectivity index is 2.63. The van der Waals surface area contributed by atoms with Crippen molar-refractivity contribution in [2.45, 2.75) is 53.0 Å². The van der Waals surface area contributed by atoms with Crippen molar-refractivity contribution in [3.05, 3.63) is 0 Å². The Bertz CT molecular complexity index is 257. The monoisotopic (exact) mass is 240 g/mol. The third-order valence-electron chi connectivity index (χ3n) is 3.50. The standard InChI is InChI=1S/C14H28N2O/c1-6-13(17)16-9-11(8-14(2,3)4)7-12(10-16)15-5/h11-12,15H,6-10H2,1-5H3. The summed E-state index contributed by atoms with van der Waals surface area (Å²) in [6.07, 6.45) is 3.01. The van der Waals surface area contributed by atoms with Crippen LogP contribution in [-0.2, 0) is 4.79 Å². The van der Waals surface area contributed by atoms with Crippen molar-refractivity contribution >= 4 is 5.91 Å². The van der Waals surface area contributed by atoms with Crippen LogP contribution in [0.1, 0.15) is 47.0 Å². The van der Waals surface area contributed by atoms with Gasteiger partial charge in [0.05, 0.1) is 0 Å². The second-order valence-electron chi connectivity index (χ2n) is 6.50. The lowest BCUT2D eigenvalue weighted by molar-refractivity contribution is -0.133. The lowest BCUT2D eigenvalue weighted by atomic mass is 9.80. The van der Waals surface area contributed by atoms with Gasteiger partial charge in [-0.05, 0) is 31.2 Å². The Morgan fingerprint density at radius 1 is 1.35 bits per heavy atom. The molecule has 3 heteroatoms. The van der Waals surface area contributed by atoms with Crippen molar-refractivity contribution in [3.63, 3.8) is 0 Å². The van der Waals surface area contributed by atoms with E-state index in [2.05, 4.69) is 26.1 Å². The summed E-state index contributed by atoms with van der Waals surface area (Å²) in [7, 11) is 2.00. The Morgan fingerprint density at radius 2 is 2.00 bits per heavy atom. The Hall–Kier alpha value is -0.570. The summed E-state index contributed by atoms with van der Waals surface area (Å²) in [6.45, 7) is 10.6. The summed E-state index contributed by atoms with van der Waals surface area (Å²) in [6, 6.07) is 0.464. The molecule has 1 N–H and O–H groups in total. The Kier molecular flexibility index (Phi) is 4.99. The van der Waals surface area contributed by atoms with Crippen molar-refractivity contribution in [1.29, 1.82) is 0 Å². The van der Waals surface area contributed by atoms with E-state index >= 15 is 0 Å². The summed E-state index contributed by atoms with van der Waals surface area (Å²) in [5, 5.41) is 3.33. The third-order valence-corrected chi connectivity index (χ3v) is 3.50. The predicted octanol–water partition coefficient (Wildman–Crippen LogP) is 2.27. The van der Waals surface area contributed by atoms with Gasteiger partial charge in [0.15, 0.2) is 0 Å². The van der Waals surface area contributed by atoms with Crippen molar-refractivity contribution in [3.8, 4) is 0 Å². The van der Waals surface area contributed by atoms with Gasteiger partial charge in [0.25, 0.3) is 0 Å². The van der Waals surface area contributed by atoms with E-state index in [-0.39, 0.29) is 0 Å². The summed E-state index contributed by atoms with van der Waals surface area (Å²) in [5.41, 5.74) is 0.348. The molecule has 0 aromatic heterocycles. The van der Waals surface area contributed by atoms with E-state index in [1.54, 1.807) is 0 Å². The topological polar surface area (TPSA) is 32.3 Å². The first-order valence-electron chi connectivity index (χ1n) is 6.80. The molecule has 1 heterocycles. The van der Waals surface area contributed by atoms with E-state index in [0.29, 0.717) is 29.7 Å². The highest BCUT2D eigenvalue weighted by Gasteiger charge is 2.30. The third kappa shape index (κ3) is 4.66. The van der Waals surface area contributed by atoms with E-state index < -0.39 is 0 Å². The molecular weight excluding hydrogens is 212 g/mol. The number of nitrogens with zero attached hydrogens (tertiary/aromatic N) is 1. The minimum atomic E-state index is 0.295. The molecule has 100 valence electrons. The first kappa shape index (κ1) is 14.5. The molecular formula is C14H28N2O. The average molecular weight is 240 g/mol. The zero-order chi connectivity index (χ0) is 13.1. The number of piperidine rings is 1. The molecule has 1 saturated heterocycles. The molecule has 0 aromatic rings. The Labute approximate surface area is 106 Å². The van der Waals surface area contributed by atoms with E-state index in [1.165, 1.54) is 12.8 Å². The van der Waals surface area contributed by atoms with Crippen LogP contribution in [0.3, 0.4) is 0 Å². The number of rotatable bonds is 3. The van der Waals surface area contributed by atoms with Gasteiger partial charge in [-0.25, -0.2) is 0 Å². The van der Waals surface area contributed by atoms with E-state index in [4.69, 9.17) is 0 Å². The first-order valence-corrected chi connectivity index (χ1v) is 6.80. The number of hydrogen-bond donors (Lipinski definition) is 1. The molecule has 0 spiro atoms. The van der Waals surface area contributed by atoms with Gasteiger partial charge in [-0.15, -0.1) is 0 Å². The number of nitrogens with one attached hydrogen (secondary N) is 1. The fourth-order valence-corrected chi connectivity index (χ4v) is 2.85. The maximum absolute atomic E-state index is 11.8. The van der Waals surface area contributed by atoms with Gasteiger partial charge in [-0.1, -0.05) is 27.7 Å². The van der Waals surface area contributed by atoms with Gasteiger partial charge in [-0.2, -0.15) is 0 Å². The average Bonchev–Trinajstić information content (AvgIpc) is 2.25. The highest BCUT2D eigenvalue weighted by molar-refractivity contribution is 5.76. The van der Waals surface area contributed by atoms with E-state index in [9.17, 15) is 4.79 Å². The maximum Gasteiger partial charge on any atom is 0.222 e. The molecule has 0 bridgehead atoms. The molecule has 0 aliphatic carbocycles.